The fraction of sp³-hybridized carbons (Fsp3) is 0.850. The highest BCUT2D eigenvalue weighted by Gasteiger charge is 2.31. The van der Waals surface area contributed by atoms with Gasteiger partial charge in [0.1, 0.15) is 12.4 Å². The van der Waals surface area contributed by atoms with Crippen molar-refractivity contribution in [3.05, 3.63) is 11.6 Å². The summed E-state index contributed by atoms with van der Waals surface area (Å²) in [7, 11) is 3.78. The summed E-state index contributed by atoms with van der Waals surface area (Å²) < 4.78 is 7.32. The SMILES string of the molecule is COCCN1C(C)CN(C(=NCc2nnc(C)n2C)NC2CCCC2)CC1C. The van der Waals surface area contributed by atoms with E-state index >= 15 is 0 Å². The quantitative estimate of drug-likeness (QED) is 0.586. The number of piperazine rings is 1. The van der Waals surface area contributed by atoms with Gasteiger partial charge in [-0.3, -0.25) is 4.90 Å². The van der Waals surface area contributed by atoms with Crippen molar-refractivity contribution in [2.75, 3.05) is 33.4 Å². The maximum absolute atomic E-state index is 5.30. The summed E-state index contributed by atoms with van der Waals surface area (Å²) in [6.45, 7) is 10.8. The Labute approximate surface area is 169 Å². The van der Waals surface area contributed by atoms with E-state index in [0.717, 1.165) is 43.8 Å². The number of rotatable bonds is 6. The summed E-state index contributed by atoms with van der Waals surface area (Å²) in [5.41, 5.74) is 0. The number of hydrogen-bond donors (Lipinski definition) is 1. The van der Waals surface area contributed by atoms with E-state index in [0.29, 0.717) is 24.7 Å². The van der Waals surface area contributed by atoms with Crippen LogP contribution in [0.2, 0.25) is 0 Å². The van der Waals surface area contributed by atoms with E-state index in [2.05, 4.69) is 39.2 Å². The van der Waals surface area contributed by atoms with Crippen molar-refractivity contribution in [1.82, 2.24) is 29.9 Å². The molecule has 1 N–H and O–H groups in total. The van der Waals surface area contributed by atoms with Crippen LogP contribution in [0.5, 0.6) is 0 Å². The molecule has 0 bridgehead atoms. The second kappa shape index (κ2) is 9.69. The molecule has 1 saturated heterocycles. The highest BCUT2D eigenvalue weighted by Crippen LogP contribution is 2.20. The molecule has 2 heterocycles. The number of methoxy groups -OCH3 is 1. The van der Waals surface area contributed by atoms with Crippen LogP contribution in [0.1, 0.15) is 51.2 Å². The average Bonchev–Trinajstić information content (AvgIpc) is 3.29. The summed E-state index contributed by atoms with van der Waals surface area (Å²) in [6.07, 6.45) is 5.10. The molecule has 158 valence electrons. The van der Waals surface area contributed by atoms with E-state index in [1.54, 1.807) is 7.11 Å². The summed E-state index contributed by atoms with van der Waals surface area (Å²) in [5.74, 6) is 2.85. The molecule has 0 spiro atoms. The Hall–Kier alpha value is -1.67. The molecule has 3 rings (SSSR count). The van der Waals surface area contributed by atoms with Gasteiger partial charge in [0.2, 0.25) is 0 Å². The normalized spacial score (nSPS) is 24.9. The number of aromatic nitrogens is 3. The van der Waals surface area contributed by atoms with Gasteiger partial charge in [-0.25, -0.2) is 4.99 Å². The van der Waals surface area contributed by atoms with E-state index in [1.807, 2.05) is 18.5 Å². The summed E-state index contributed by atoms with van der Waals surface area (Å²) in [4.78, 5) is 9.95. The van der Waals surface area contributed by atoms with Gasteiger partial charge in [-0.2, -0.15) is 0 Å². The zero-order valence-corrected chi connectivity index (χ0v) is 18.2. The van der Waals surface area contributed by atoms with Gasteiger partial charge >= 0.3 is 0 Å². The molecule has 8 heteroatoms. The van der Waals surface area contributed by atoms with Crippen LogP contribution in [-0.4, -0.2) is 82.0 Å². The monoisotopic (exact) mass is 391 g/mol. The van der Waals surface area contributed by atoms with Gasteiger partial charge < -0.3 is 19.5 Å². The van der Waals surface area contributed by atoms with Crippen LogP contribution in [-0.2, 0) is 18.3 Å². The maximum Gasteiger partial charge on any atom is 0.194 e. The smallest absolute Gasteiger partial charge is 0.194 e. The van der Waals surface area contributed by atoms with Crippen LogP contribution in [0, 0.1) is 6.92 Å². The molecule has 2 aliphatic rings. The number of nitrogens with zero attached hydrogens (tertiary/aromatic N) is 6. The minimum absolute atomic E-state index is 0.464. The number of hydrogen-bond acceptors (Lipinski definition) is 5. The van der Waals surface area contributed by atoms with Crippen LogP contribution < -0.4 is 5.32 Å². The summed E-state index contributed by atoms with van der Waals surface area (Å²) >= 11 is 0. The third-order valence-electron chi connectivity index (χ3n) is 6.20. The lowest BCUT2D eigenvalue weighted by molar-refractivity contribution is 0.0441. The molecule has 1 aliphatic heterocycles. The van der Waals surface area contributed by atoms with E-state index in [9.17, 15) is 0 Å². The number of aliphatic imine (C=N–C) groups is 1. The van der Waals surface area contributed by atoms with Gasteiger partial charge in [0.25, 0.3) is 0 Å². The van der Waals surface area contributed by atoms with Crippen LogP contribution in [0.4, 0.5) is 0 Å². The predicted octanol–water partition coefficient (Wildman–Crippen LogP) is 1.55. The first-order chi connectivity index (χ1) is 13.5. The van der Waals surface area contributed by atoms with Crippen molar-refractivity contribution in [1.29, 1.82) is 0 Å². The van der Waals surface area contributed by atoms with Crippen molar-refractivity contribution in [2.24, 2.45) is 12.0 Å². The molecule has 1 aromatic heterocycles. The Bertz CT molecular complexity index is 641. The topological polar surface area (TPSA) is 70.8 Å². The van der Waals surface area contributed by atoms with Gasteiger partial charge in [-0.05, 0) is 33.6 Å². The molecule has 2 unspecified atom stereocenters. The van der Waals surface area contributed by atoms with E-state index in [-0.39, 0.29) is 0 Å². The number of nitrogens with one attached hydrogen (secondary N) is 1. The van der Waals surface area contributed by atoms with Gasteiger partial charge in [-0.1, -0.05) is 12.8 Å². The van der Waals surface area contributed by atoms with Crippen LogP contribution in [0.25, 0.3) is 0 Å². The van der Waals surface area contributed by atoms with E-state index < -0.39 is 0 Å². The highest BCUT2D eigenvalue weighted by atomic mass is 16.5. The lowest BCUT2D eigenvalue weighted by Gasteiger charge is -2.45. The number of ether oxygens (including phenoxy) is 1. The molecule has 1 aliphatic carbocycles. The third kappa shape index (κ3) is 5.03. The Kier molecular flexibility index (Phi) is 7.29. The fourth-order valence-corrected chi connectivity index (χ4v) is 4.39. The summed E-state index contributed by atoms with van der Waals surface area (Å²) in [6, 6.07) is 1.47. The molecule has 1 aromatic rings. The maximum atomic E-state index is 5.30. The molecular formula is C20H37N7O. The van der Waals surface area contributed by atoms with Gasteiger partial charge in [0, 0.05) is 51.9 Å². The second-order valence-corrected chi connectivity index (χ2v) is 8.32. The first-order valence-electron chi connectivity index (χ1n) is 10.6. The van der Waals surface area contributed by atoms with Crippen LogP contribution in [0.15, 0.2) is 4.99 Å². The summed E-state index contributed by atoms with van der Waals surface area (Å²) in [5, 5.41) is 12.2. The molecule has 0 aromatic carbocycles. The molecule has 28 heavy (non-hydrogen) atoms. The second-order valence-electron chi connectivity index (χ2n) is 8.32. The van der Waals surface area contributed by atoms with E-state index in [1.165, 1.54) is 25.7 Å². The zero-order chi connectivity index (χ0) is 20.1. The number of guanidine groups is 1. The van der Waals surface area contributed by atoms with Crippen molar-refractivity contribution in [3.8, 4) is 0 Å². The van der Waals surface area contributed by atoms with Gasteiger partial charge in [0.15, 0.2) is 11.8 Å². The molecule has 0 radical (unpaired) electrons. The molecule has 1 saturated carbocycles. The van der Waals surface area contributed by atoms with Crippen molar-refractivity contribution < 1.29 is 4.74 Å². The number of aryl methyl sites for hydroxylation is 1. The highest BCUT2D eigenvalue weighted by molar-refractivity contribution is 5.80. The minimum atomic E-state index is 0.464. The lowest BCUT2D eigenvalue weighted by Crippen LogP contribution is -2.61. The predicted molar refractivity (Wildman–Crippen MR) is 111 cm³/mol. The standard InChI is InChI=1S/C20H37N7O/c1-15-13-26(14-16(2)27(15)10-11-28-5)20(22-18-8-6-7-9-18)21-12-19-24-23-17(3)25(19)4/h15-16,18H,6-14H2,1-5H3,(H,21,22). The zero-order valence-electron chi connectivity index (χ0n) is 18.2. The molecule has 8 nitrogen and oxygen atoms in total. The van der Waals surface area contributed by atoms with Crippen molar-refractivity contribution in [2.45, 2.75) is 71.1 Å². The average molecular weight is 392 g/mol. The first-order valence-corrected chi connectivity index (χ1v) is 10.6. The largest absolute Gasteiger partial charge is 0.383 e. The fourth-order valence-electron chi connectivity index (χ4n) is 4.39. The van der Waals surface area contributed by atoms with E-state index in [4.69, 9.17) is 9.73 Å². The lowest BCUT2D eigenvalue weighted by atomic mass is 10.1. The Morgan fingerprint density at radius 3 is 2.43 bits per heavy atom. The molecule has 0 amide bonds. The van der Waals surface area contributed by atoms with Gasteiger partial charge in [0.05, 0.1) is 6.61 Å². The Morgan fingerprint density at radius 2 is 1.86 bits per heavy atom. The Morgan fingerprint density at radius 1 is 1.18 bits per heavy atom. The molecule has 2 atom stereocenters. The molecular weight excluding hydrogens is 354 g/mol. The van der Waals surface area contributed by atoms with Crippen LogP contribution >= 0.6 is 0 Å². The van der Waals surface area contributed by atoms with Gasteiger partial charge in [-0.15, -0.1) is 10.2 Å². The third-order valence-corrected chi connectivity index (χ3v) is 6.20. The van der Waals surface area contributed by atoms with Crippen LogP contribution in [0.3, 0.4) is 0 Å². The van der Waals surface area contributed by atoms with Crippen molar-refractivity contribution in [3.63, 3.8) is 0 Å². The molecule has 2 fully saturated rings. The minimum Gasteiger partial charge on any atom is -0.383 e. The first kappa shape index (κ1) is 21.0. The van der Waals surface area contributed by atoms with Crippen molar-refractivity contribution >= 4 is 5.96 Å². The Balaban J connectivity index is 1.72.